The van der Waals surface area contributed by atoms with Gasteiger partial charge in [0.2, 0.25) is 11.8 Å². The molecule has 1 unspecified atom stereocenters. The van der Waals surface area contributed by atoms with Gasteiger partial charge in [-0.05, 0) is 43.4 Å². The van der Waals surface area contributed by atoms with Gasteiger partial charge in [0, 0.05) is 25.2 Å². The predicted octanol–water partition coefficient (Wildman–Crippen LogP) is 3.08. The van der Waals surface area contributed by atoms with Crippen LogP contribution in [0.4, 0.5) is 5.69 Å². The molecule has 5 nitrogen and oxygen atoms in total. The summed E-state index contributed by atoms with van der Waals surface area (Å²) in [6, 6.07) is 17.2. The van der Waals surface area contributed by atoms with E-state index in [0.717, 1.165) is 23.4 Å². The van der Waals surface area contributed by atoms with E-state index in [9.17, 15) is 9.59 Å². The van der Waals surface area contributed by atoms with Crippen molar-refractivity contribution in [2.45, 2.75) is 13.0 Å². The van der Waals surface area contributed by atoms with Crippen molar-refractivity contribution in [2.75, 3.05) is 26.0 Å². The SMILES string of the molecule is CC(=O)Nc1ccc(/C=C/C(=O)NC(CN(C)C)c2ccccc2)cc1. The molecule has 0 aliphatic heterocycles. The van der Waals surface area contributed by atoms with E-state index in [-0.39, 0.29) is 17.9 Å². The highest BCUT2D eigenvalue weighted by atomic mass is 16.2. The lowest BCUT2D eigenvalue weighted by Gasteiger charge is -2.22. The number of rotatable bonds is 7. The monoisotopic (exact) mass is 351 g/mol. The fourth-order valence-corrected chi connectivity index (χ4v) is 2.56. The molecular weight excluding hydrogens is 326 g/mol. The first kappa shape index (κ1) is 19.4. The number of anilines is 1. The summed E-state index contributed by atoms with van der Waals surface area (Å²) in [4.78, 5) is 25.4. The highest BCUT2D eigenvalue weighted by Crippen LogP contribution is 2.14. The molecule has 0 saturated carbocycles. The minimum Gasteiger partial charge on any atom is -0.344 e. The van der Waals surface area contributed by atoms with E-state index >= 15 is 0 Å². The number of nitrogens with zero attached hydrogens (tertiary/aromatic N) is 1. The standard InChI is InChI=1S/C21H25N3O2/c1-16(25)22-19-12-9-17(10-13-19)11-14-21(26)23-20(15-24(2)3)18-7-5-4-6-8-18/h4-14,20H,15H2,1-3H3,(H,22,25)(H,23,26)/b14-11+. The van der Waals surface area contributed by atoms with Crippen LogP contribution in [0, 0.1) is 0 Å². The maximum atomic E-state index is 12.3. The third kappa shape index (κ3) is 6.53. The van der Waals surface area contributed by atoms with Crippen LogP contribution in [-0.2, 0) is 9.59 Å². The molecule has 0 saturated heterocycles. The summed E-state index contributed by atoms with van der Waals surface area (Å²) >= 11 is 0. The molecule has 2 aromatic rings. The number of nitrogens with one attached hydrogen (secondary N) is 2. The summed E-state index contributed by atoms with van der Waals surface area (Å²) in [6.45, 7) is 2.18. The van der Waals surface area contributed by atoms with Gasteiger partial charge in [0.05, 0.1) is 6.04 Å². The van der Waals surface area contributed by atoms with Crippen molar-refractivity contribution >= 4 is 23.6 Å². The molecule has 5 heteroatoms. The first-order chi connectivity index (χ1) is 12.4. The van der Waals surface area contributed by atoms with Gasteiger partial charge >= 0.3 is 0 Å². The van der Waals surface area contributed by atoms with E-state index < -0.39 is 0 Å². The molecule has 2 amide bonds. The lowest BCUT2D eigenvalue weighted by Crippen LogP contribution is -2.34. The van der Waals surface area contributed by atoms with Crippen LogP contribution in [0.25, 0.3) is 6.08 Å². The zero-order valence-corrected chi connectivity index (χ0v) is 15.4. The first-order valence-corrected chi connectivity index (χ1v) is 8.50. The Bertz CT molecular complexity index is 753. The van der Waals surface area contributed by atoms with Crippen molar-refractivity contribution < 1.29 is 9.59 Å². The fraction of sp³-hybridized carbons (Fsp3) is 0.238. The third-order valence-electron chi connectivity index (χ3n) is 3.72. The Morgan fingerprint density at radius 2 is 1.69 bits per heavy atom. The Balaban J connectivity index is 2.00. The third-order valence-corrected chi connectivity index (χ3v) is 3.72. The van der Waals surface area contributed by atoms with Crippen molar-refractivity contribution in [1.29, 1.82) is 0 Å². The Morgan fingerprint density at radius 1 is 1.04 bits per heavy atom. The van der Waals surface area contributed by atoms with E-state index in [2.05, 4.69) is 10.6 Å². The Kier molecular flexibility index (Phi) is 7.12. The average Bonchev–Trinajstić information content (AvgIpc) is 2.60. The molecule has 0 aliphatic carbocycles. The molecule has 0 heterocycles. The van der Waals surface area contributed by atoms with Gasteiger partial charge in [-0.25, -0.2) is 0 Å². The van der Waals surface area contributed by atoms with Crippen LogP contribution in [0.5, 0.6) is 0 Å². The summed E-state index contributed by atoms with van der Waals surface area (Å²) < 4.78 is 0. The van der Waals surface area contributed by atoms with Gasteiger partial charge in [-0.15, -0.1) is 0 Å². The molecule has 2 rings (SSSR count). The van der Waals surface area contributed by atoms with Crippen molar-refractivity contribution in [3.63, 3.8) is 0 Å². The van der Waals surface area contributed by atoms with E-state index in [0.29, 0.717) is 0 Å². The summed E-state index contributed by atoms with van der Waals surface area (Å²) in [7, 11) is 3.96. The van der Waals surface area contributed by atoms with E-state index in [4.69, 9.17) is 0 Å². The second-order valence-electron chi connectivity index (χ2n) is 6.37. The van der Waals surface area contributed by atoms with E-state index in [1.54, 1.807) is 18.2 Å². The molecule has 2 aromatic carbocycles. The number of hydrogen-bond donors (Lipinski definition) is 2. The molecule has 0 fully saturated rings. The lowest BCUT2D eigenvalue weighted by molar-refractivity contribution is -0.117. The van der Waals surface area contributed by atoms with Crippen LogP contribution in [0.15, 0.2) is 60.7 Å². The van der Waals surface area contributed by atoms with Gasteiger partial charge in [0.25, 0.3) is 0 Å². The largest absolute Gasteiger partial charge is 0.344 e. The molecule has 136 valence electrons. The van der Waals surface area contributed by atoms with Crippen LogP contribution in [0.3, 0.4) is 0 Å². The molecule has 2 N–H and O–H groups in total. The minimum atomic E-state index is -0.147. The number of amides is 2. The summed E-state index contributed by atoms with van der Waals surface area (Å²) in [5.74, 6) is -0.257. The van der Waals surface area contributed by atoms with Gasteiger partial charge in [-0.3, -0.25) is 9.59 Å². The highest BCUT2D eigenvalue weighted by Gasteiger charge is 2.13. The summed E-state index contributed by atoms with van der Waals surface area (Å²) in [5, 5.41) is 5.76. The average molecular weight is 351 g/mol. The van der Waals surface area contributed by atoms with E-state index in [1.165, 1.54) is 13.0 Å². The Labute approximate surface area is 154 Å². The first-order valence-electron chi connectivity index (χ1n) is 8.50. The van der Waals surface area contributed by atoms with Gasteiger partial charge < -0.3 is 15.5 Å². The van der Waals surface area contributed by atoms with Crippen LogP contribution in [0.2, 0.25) is 0 Å². The molecule has 0 aliphatic rings. The quantitative estimate of drug-likeness (QED) is 0.754. The van der Waals surface area contributed by atoms with Crippen LogP contribution >= 0.6 is 0 Å². The number of benzene rings is 2. The molecule has 0 bridgehead atoms. The number of likely N-dealkylation sites (N-methyl/N-ethyl adjacent to an activating group) is 1. The van der Waals surface area contributed by atoms with Crippen molar-refractivity contribution in [2.24, 2.45) is 0 Å². The van der Waals surface area contributed by atoms with Crippen LogP contribution in [-0.4, -0.2) is 37.4 Å². The number of hydrogen-bond acceptors (Lipinski definition) is 3. The Morgan fingerprint density at radius 3 is 2.27 bits per heavy atom. The predicted molar refractivity (Wildman–Crippen MR) is 106 cm³/mol. The van der Waals surface area contributed by atoms with Gasteiger partial charge in [-0.2, -0.15) is 0 Å². The highest BCUT2D eigenvalue weighted by molar-refractivity contribution is 5.92. The second-order valence-corrected chi connectivity index (χ2v) is 6.37. The minimum absolute atomic E-state index is 0.0782. The van der Waals surface area contributed by atoms with Gasteiger partial charge in [-0.1, -0.05) is 42.5 Å². The Hall–Kier alpha value is -2.92. The number of carbonyl (C=O) groups excluding carboxylic acids is 2. The van der Waals surface area contributed by atoms with Crippen molar-refractivity contribution in [1.82, 2.24) is 10.2 Å². The maximum Gasteiger partial charge on any atom is 0.244 e. The smallest absolute Gasteiger partial charge is 0.244 e. The molecule has 0 aromatic heterocycles. The van der Waals surface area contributed by atoms with Crippen molar-refractivity contribution in [3.05, 3.63) is 71.8 Å². The van der Waals surface area contributed by atoms with Crippen LogP contribution < -0.4 is 10.6 Å². The van der Waals surface area contributed by atoms with Gasteiger partial charge in [0.15, 0.2) is 0 Å². The van der Waals surface area contributed by atoms with Crippen LogP contribution in [0.1, 0.15) is 24.1 Å². The number of carbonyl (C=O) groups is 2. The second kappa shape index (κ2) is 9.53. The fourth-order valence-electron chi connectivity index (χ4n) is 2.56. The zero-order valence-electron chi connectivity index (χ0n) is 15.4. The summed E-state index contributed by atoms with van der Waals surface area (Å²) in [6.07, 6.45) is 3.28. The molecule has 1 atom stereocenters. The molecular formula is C21H25N3O2. The molecule has 26 heavy (non-hydrogen) atoms. The maximum absolute atomic E-state index is 12.3. The van der Waals surface area contributed by atoms with E-state index in [1.807, 2.05) is 61.5 Å². The molecule has 0 spiro atoms. The molecule has 0 radical (unpaired) electrons. The normalized spacial score (nSPS) is 12.2. The lowest BCUT2D eigenvalue weighted by atomic mass is 10.1. The topological polar surface area (TPSA) is 61.4 Å². The summed E-state index contributed by atoms with van der Waals surface area (Å²) in [5.41, 5.74) is 2.69. The van der Waals surface area contributed by atoms with Gasteiger partial charge in [0.1, 0.15) is 0 Å². The zero-order chi connectivity index (χ0) is 18.9. The van der Waals surface area contributed by atoms with Crippen molar-refractivity contribution in [3.8, 4) is 0 Å².